The number of amides is 2. The van der Waals surface area contributed by atoms with E-state index in [-0.39, 0.29) is 37.1 Å². The molecule has 0 bridgehead atoms. The summed E-state index contributed by atoms with van der Waals surface area (Å²) in [5, 5.41) is 61.2. The monoisotopic (exact) mass is 778 g/mol. The highest BCUT2D eigenvalue weighted by Gasteiger charge is 2.25. The van der Waals surface area contributed by atoms with Crippen LogP contribution in [0, 0.1) is 10.7 Å². The van der Waals surface area contributed by atoms with Crippen LogP contribution in [0.3, 0.4) is 0 Å². The highest BCUT2D eigenvalue weighted by atomic mass is 127. The second kappa shape index (κ2) is 14.4. The van der Waals surface area contributed by atoms with Gasteiger partial charge in [-0.3, -0.25) is 9.59 Å². The molecule has 0 radical (unpaired) electrons. The van der Waals surface area contributed by atoms with Gasteiger partial charge in [-0.1, -0.05) is 0 Å². The van der Waals surface area contributed by atoms with Gasteiger partial charge in [-0.2, -0.15) is 0 Å². The molecule has 0 aliphatic carbocycles. The van der Waals surface area contributed by atoms with E-state index in [2.05, 4.69) is 10.6 Å². The summed E-state index contributed by atoms with van der Waals surface area (Å²) in [6.07, 6.45) is -4.48. The maximum Gasteiger partial charge on any atom is 0.253 e. The zero-order chi connectivity index (χ0) is 23.7. The number of hydrogen-bond acceptors (Lipinski definition) is 8. The van der Waals surface area contributed by atoms with Gasteiger partial charge in [0.25, 0.3) is 11.8 Å². The number of hydrogen-bond donors (Lipinski definition) is 8. The van der Waals surface area contributed by atoms with Crippen molar-refractivity contribution in [2.75, 3.05) is 26.3 Å². The van der Waals surface area contributed by atoms with Crippen LogP contribution in [0.25, 0.3) is 0 Å². The molecule has 4 atom stereocenters. The molecule has 1 aromatic rings. The van der Waals surface area contributed by atoms with Crippen LogP contribution in [-0.2, 0) is 0 Å². The van der Waals surface area contributed by atoms with Gasteiger partial charge >= 0.3 is 0 Å². The third-order valence-corrected chi connectivity index (χ3v) is 6.91. The van der Waals surface area contributed by atoms with Gasteiger partial charge in [-0.25, -0.2) is 0 Å². The first-order chi connectivity index (χ1) is 14.5. The van der Waals surface area contributed by atoms with E-state index in [1.165, 1.54) is 0 Å². The Labute approximate surface area is 220 Å². The van der Waals surface area contributed by atoms with Crippen LogP contribution >= 0.6 is 67.8 Å². The molecule has 31 heavy (non-hydrogen) atoms. The van der Waals surface area contributed by atoms with E-state index in [0.717, 1.165) is 0 Å². The second-order valence-corrected chi connectivity index (χ2v) is 10.2. The van der Waals surface area contributed by atoms with Crippen LogP contribution in [0.5, 0.6) is 0 Å². The van der Waals surface area contributed by atoms with E-state index in [9.17, 15) is 30.0 Å². The Hall–Kier alpha value is 0.110. The van der Waals surface area contributed by atoms with Crippen molar-refractivity contribution >= 4 is 79.6 Å². The fraction of sp³-hybridized carbons (Fsp3) is 0.556. The van der Waals surface area contributed by atoms with Crippen molar-refractivity contribution in [2.24, 2.45) is 0 Å². The Balaban J connectivity index is 2.92. The molecule has 0 saturated heterocycles. The summed E-state index contributed by atoms with van der Waals surface area (Å²) in [4.78, 5) is 25.4. The van der Waals surface area contributed by atoms with Gasteiger partial charge in [0.05, 0.1) is 48.8 Å². The van der Waals surface area contributed by atoms with Crippen molar-refractivity contribution < 1.29 is 40.2 Å². The third-order valence-electron chi connectivity index (χ3n) is 4.13. The van der Waals surface area contributed by atoms with Crippen molar-refractivity contribution in [2.45, 2.75) is 37.3 Å². The Bertz CT molecular complexity index is 710. The van der Waals surface area contributed by atoms with Crippen LogP contribution in [0.2, 0.25) is 0 Å². The normalized spacial score (nSPS) is 15.1. The molecule has 0 aliphatic rings. The summed E-state index contributed by atoms with van der Waals surface area (Å²) >= 11 is 5.83. The molecule has 1 rings (SSSR count). The van der Waals surface area contributed by atoms with Gasteiger partial charge in [0, 0.05) is 36.6 Å². The van der Waals surface area contributed by atoms with Gasteiger partial charge < -0.3 is 41.3 Å². The lowest BCUT2D eigenvalue weighted by molar-refractivity contribution is 0.0410. The highest BCUT2D eigenvalue weighted by molar-refractivity contribution is 14.1. The molecule has 0 saturated carbocycles. The maximum absolute atomic E-state index is 12.7. The Morgan fingerprint density at radius 3 is 1.42 bits per heavy atom. The van der Waals surface area contributed by atoms with Crippen LogP contribution in [0.1, 0.15) is 33.6 Å². The quantitative estimate of drug-likeness (QED) is 0.127. The number of carbonyl (C=O) groups is 2. The van der Waals surface area contributed by atoms with Crippen LogP contribution in [0.15, 0.2) is 6.07 Å². The minimum Gasteiger partial charge on any atom is -0.394 e. The van der Waals surface area contributed by atoms with Crippen molar-refractivity contribution in [1.82, 2.24) is 10.6 Å². The van der Waals surface area contributed by atoms with Crippen molar-refractivity contribution in [3.63, 3.8) is 0 Å². The molecule has 176 valence electrons. The number of rotatable bonds is 12. The molecule has 0 heterocycles. The predicted molar refractivity (Wildman–Crippen MR) is 137 cm³/mol. The number of aliphatic hydroxyl groups excluding tert-OH is 6. The first-order valence-electron chi connectivity index (χ1n) is 9.19. The van der Waals surface area contributed by atoms with Gasteiger partial charge in [-0.15, -0.1) is 0 Å². The Morgan fingerprint density at radius 2 is 1.10 bits per heavy atom. The fourth-order valence-corrected chi connectivity index (χ4v) is 6.90. The van der Waals surface area contributed by atoms with E-state index in [4.69, 9.17) is 10.2 Å². The minimum atomic E-state index is -1.09. The number of carbonyl (C=O) groups excluding carboxylic acids is 2. The van der Waals surface area contributed by atoms with E-state index in [1.807, 2.05) is 67.8 Å². The van der Waals surface area contributed by atoms with Gasteiger partial charge in [-0.05, 0) is 73.8 Å². The molecular weight excluding hydrogens is 753 g/mol. The van der Waals surface area contributed by atoms with Crippen LogP contribution < -0.4 is 10.6 Å². The summed E-state index contributed by atoms with van der Waals surface area (Å²) in [6, 6.07) is 1.66. The standard InChI is InChI=1S/C18H25I3N2O8/c19-12-3-13(20)15(18(31)23-5-9(27)2-11(29)7-25)16(21)14(12)17(30)22-4-8(26)1-10(28)6-24/h3,8-11,24-29H,1-2,4-7H2,(H,22,30)(H,23,31). The molecule has 0 fully saturated rings. The first-order valence-corrected chi connectivity index (χ1v) is 12.4. The molecule has 4 unspecified atom stereocenters. The van der Waals surface area contributed by atoms with E-state index in [0.29, 0.717) is 10.7 Å². The second-order valence-electron chi connectivity index (χ2n) is 6.78. The molecule has 1 aromatic carbocycles. The zero-order valence-electron chi connectivity index (χ0n) is 16.3. The molecule has 0 aromatic heterocycles. The average molecular weight is 778 g/mol. The SMILES string of the molecule is O=C(NCC(O)CC(O)CO)c1c(I)cc(I)c(C(=O)NCC(O)CC(O)CO)c1I. The Kier molecular flexibility index (Phi) is 13.5. The average Bonchev–Trinajstić information content (AvgIpc) is 2.69. The molecule has 8 N–H and O–H groups in total. The first kappa shape index (κ1) is 29.1. The number of nitrogens with one attached hydrogen (secondary N) is 2. The summed E-state index contributed by atoms with van der Waals surface area (Å²) in [7, 11) is 0. The van der Waals surface area contributed by atoms with Gasteiger partial charge in [0.2, 0.25) is 0 Å². The summed E-state index contributed by atoms with van der Waals surface area (Å²) in [5.41, 5.74) is 0.496. The predicted octanol–water partition coefficient (Wildman–Crippen LogP) is -0.832. The molecule has 10 nitrogen and oxygen atoms in total. The van der Waals surface area contributed by atoms with Crippen LogP contribution in [0.4, 0.5) is 0 Å². The highest BCUT2D eigenvalue weighted by Crippen LogP contribution is 2.28. The Morgan fingerprint density at radius 1 is 0.742 bits per heavy atom. The molecule has 2 amide bonds. The van der Waals surface area contributed by atoms with E-state index >= 15 is 0 Å². The minimum absolute atomic E-state index is 0.0986. The zero-order valence-corrected chi connectivity index (χ0v) is 22.7. The van der Waals surface area contributed by atoms with Gasteiger partial charge in [0.1, 0.15) is 0 Å². The topological polar surface area (TPSA) is 180 Å². The smallest absolute Gasteiger partial charge is 0.253 e. The van der Waals surface area contributed by atoms with Crippen molar-refractivity contribution in [3.8, 4) is 0 Å². The van der Waals surface area contributed by atoms with E-state index < -0.39 is 49.4 Å². The summed E-state index contributed by atoms with van der Waals surface area (Å²) in [5.74, 6) is -1.02. The lowest BCUT2D eigenvalue weighted by Crippen LogP contribution is -2.37. The number of halogens is 3. The lowest BCUT2D eigenvalue weighted by atomic mass is 10.1. The summed E-state index contributed by atoms with van der Waals surface area (Å²) < 4.78 is 1.58. The lowest BCUT2D eigenvalue weighted by Gasteiger charge is -2.18. The van der Waals surface area contributed by atoms with Crippen molar-refractivity contribution in [3.05, 3.63) is 27.9 Å². The molecule has 0 spiro atoms. The van der Waals surface area contributed by atoms with Crippen LogP contribution in [-0.4, -0.2) is 93.2 Å². The molecular formula is C18H25I3N2O8. The molecule has 13 heteroatoms. The maximum atomic E-state index is 12.7. The third kappa shape index (κ3) is 9.48. The molecule has 0 aliphatic heterocycles. The number of benzene rings is 1. The van der Waals surface area contributed by atoms with Gasteiger partial charge in [0.15, 0.2) is 0 Å². The fourth-order valence-electron chi connectivity index (χ4n) is 2.55. The summed E-state index contributed by atoms with van der Waals surface area (Å²) in [6.45, 7) is -1.28. The number of aliphatic hydroxyl groups is 6. The van der Waals surface area contributed by atoms with Crippen molar-refractivity contribution in [1.29, 1.82) is 0 Å². The largest absolute Gasteiger partial charge is 0.394 e. The van der Waals surface area contributed by atoms with E-state index in [1.54, 1.807) is 6.07 Å².